The van der Waals surface area contributed by atoms with E-state index in [0.29, 0.717) is 18.2 Å². The second kappa shape index (κ2) is 6.51. The molecule has 0 amide bonds. The van der Waals surface area contributed by atoms with Crippen molar-refractivity contribution in [3.63, 3.8) is 0 Å². The number of anilines is 1. The minimum absolute atomic E-state index is 0.0127. The van der Waals surface area contributed by atoms with Crippen LogP contribution in [0.5, 0.6) is 0 Å². The number of nitrogens with one attached hydrogen (secondary N) is 2. The summed E-state index contributed by atoms with van der Waals surface area (Å²) in [6.45, 7) is 1.86. The summed E-state index contributed by atoms with van der Waals surface area (Å²) in [5, 5.41) is 19.3. The largest absolute Gasteiger partial charge is 0.481 e. The van der Waals surface area contributed by atoms with E-state index in [2.05, 4.69) is 36.2 Å². The number of carboxylic acids is 1. The summed E-state index contributed by atoms with van der Waals surface area (Å²) in [5.41, 5.74) is 4.06. The van der Waals surface area contributed by atoms with Gasteiger partial charge in [-0.05, 0) is 36.6 Å². The van der Waals surface area contributed by atoms with Gasteiger partial charge in [0.2, 0.25) is 0 Å². The number of rotatable bonds is 4. The van der Waals surface area contributed by atoms with E-state index in [0.717, 1.165) is 23.4 Å². The molecular weight excluding hydrogens is 456 g/mol. The quantitative estimate of drug-likeness (QED) is 0.392. The van der Waals surface area contributed by atoms with E-state index >= 15 is 0 Å². The summed E-state index contributed by atoms with van der Waals surface area (Å²) in [6.07, 6.45) is -0.610. The molecule has 3 heterocycles. The lowest BCUT2D eigenvalue weighted by Gasteiger charge is -2.42. The van der Waals surface area contributed by atoms with Crippen LogP contribution in [0.3, 0.4) is 0 Å². The minimum atomic E-state index is -4.62. The molecule has 3 aromatic heterocycles. The van der Waals surface area contributed by atoms with E-state index in [4.69, 9.17) is 0 Å². The molecule has 0 spiro atoms. The maximum atomic E-state index is 14.7. The van der Waals surface area contributed by atoms with E-state index in [9.17, 15) is 27.5 Å². The molecule has 0 saturated heterocycles. The molecule has 3 aromatic rings. The first-order valence-corrected chi connectivity index (χ1v) is 10.2. The molecule has 12 heteroatoms. The van der Waals surface area contributed by atoms with Crippen molar-refractivity contribution < 1.29 is 27.5 Å². The summed E-state index contributed by atoms with van der Waals surface area (Å²) in [4.78, 5) is 23.9. The number of aliphatic carboxylic acids is 1. The minimum Gasteiger partial charge on any atom is -0.481 e. The van der Waals surface area contributed by atoms with Crippen LogP contribution in [-0.2, 0) is 11.0 Å². The summed E-state index contributed by atoms with van der Waals surface area (Å²) in [7, 11) is 0. The molecule has 0 saturated carbocycles. The molecule has 172 valence electrons. The number of aromatic nitrogens is 5. The molecule has 4 aliphatic rings. The molecule has 34 heavy (non-hydrogen) atoms. The number of halogens is 4. The third-order valence-corrected chi connectivity index (χ3v) is 6.65. The normalized spacial score (nSPS) is 24.9. The number of pyridine rings is 1. The van der Waals surface area contributed by atoms with Crippen LogP contribution in [0.25, 0.3) is 22.6 Å². The van der Waals surface area contributed by atoms with E-state index in [1.54, 1.807) is 6.08 Å². The van der Waals surface area contributed by atoms with E-state index < -0.39 is 40.9 Å². The Morgan fingerprint density at radius 2 is 2.12 bits per heavy atom. The third kappa shape index (κ3) is 2.81. The molecule has 3 N–H and O–H groups in total. The zero-order valence-electron chi connectivity index (χ0n) is 17.3. The van der Waals surface area contributed by atoms with Crippen LogP contribution < -0.4 is 5.32 Å². The Bertz CT molecular complexity index is 1520. The fraction of sp³-hybridized carbons (Fsp3) is 0.273. The Hall–Kier alpha value is -4.05. The maximum absolute atomic E-state index is 14.7. The van der Waals surface area contributed by atoms with Gasteiger partial charge in [0.1, 0.15) is 11.6 Å². The highest BCUT2D eigenvalue weighted by Gasteiger charge is 2.58. The number of carboxylic acid groups (broad SMARTS) is 1. The van der Waals surface area contributed by atoms with Crippen molar-refractivity contribution in [2.24, 2.45) is 11.3 Å². The number of carbonyl (C=O) groups is 1. The molecule has 0 fully saturated rings. The van der Waals surface area contributed by atoms with Gasteiger partial charge in [-0.25, -0.2) is 19.3 Å². The average molecular weight is 470 g/mol. The second-order valence-corrected chi connectivity index (χ2v) is 8.64. The third-order valence-electron chi connectivity index (χ3n) is 6.65. The zero-order valence-corrected chi connectivity index (χ0v) is 17.3. The number of fused-ring (bicyclic) bond motifs is 2. The summed E-state index contributed by atoms with van der Waals surface area (Å²) < 4.78 is 54.2. The first-order valence-electron chi connectivity index (χ1n) is 10.2. The molecule has 0 unspecified atom stereocenters. The monoisotopic (exact) mass is 470 g/mol. The molecule has 7 rings (SSSR count). The van der Waals surface area contributed by atoms with Crippen molar-refractivity contribution in [3.8, 4) is 11.5 Å². The predicted molar refractivity (Wildman–Crippen MR) is 110 cm³/mol. The van der Waals surface area contributed by atoms with Crippen molar-refractivity contribution in [2.45, 2.75) is 25.6 Å². The van der Waals surface area contributed by atoms with Crippen LogP contribution in [0.15, 0.2) is 47.0 Å². The predicted octanol–water partition coefficient (Wildman–Crippen LogP) is 3.87. The number of allylic oxidation sites excluding steroid dienone is 1. The topological polar surface area (TPSA) is 117 Å². The van der Waals surface area contributed by atoms with Gasteiger partial charge in [0.25, 0.3) is 0 Å². The average Bonchev–Trinajstić information content (AvgIpc) is 3.50. The van der Waals surface area contributed by atoms with Gasteiger partial charge in [-0.1, -0.05) is 0 Å². The Balaban J connectivity index is 1.41. The van der Waals surface area contributed by atoms with Gasteiger partial charge in [-0.3, -0.25) is 9.89 Å². The van der Waals surface area contributed by atoms with Crippen molar-refractivity contribution >= 4 is 22.8 Å². The van der Waals surface area contributed by atoms with E-state index in [1.165, 1.54) is 0 Å². The highest BCUT2D eigenvalue weighted by atomic mass is 19.4. The molecule has 2 bridgehead atoms. The van der Waals surface area contributed by atoms with Gasteiger partial charge in [0, 0.05) is 17.2 Å². The first kappa shape index (κ1) is 20.5. The van der Waals surface area contributed by atoms with Crippen molar-refractivity contribution in [1.82, 2.24) is 25.1 Å². The SMILES string of the molecule is C[C@@]12C=C=C(C3=C1C3)[C@H](C(=O)O)[C@H]2Nc1nc(-c2[nH]nc3ncc(C(F)(F)F)cc23)ncc1F. The number of hydrogen-bond acceptors (Lipinski definition) is 6. The molecule has 8 nitrogen and oxygen atoms in total. The van der Waals surface area contributed by atoms with Crippen molar-refractivity contribution in [2.75, 3.05) is 5.32 Å². The molecule has 4 aliphatic carbocycles. The molecule has 3 atom stereocenters. The first-order chi connectivity index (χ1) is 16.1. The Kier molecular flexibility index (Phi) is 3.93. The number of alkyl halides is 3. The van der Waals surface area contributed by atoms with Crippen LogP contribution in [0.2, 0.25) is 0 Å². The molecule has 0 aliphatic heterocycles. The van der Waals surface area contributed by atoms with E-state index in [-0.39, 0.29) is 28.4 Å². The van der Waals surface area contributed by atoms with Gasteiger partial charge in [-0.2, -0.15) is 18.3 Å². The molecular formula is C22H14F4N6O2. The summed E-state index contributed by atoms with van der Waals surface area (Å²) in [6, 6.07) is 0.123. The zero-order chi connectivity index (χ0) is 24.0. The second-order valence-electron chi connectivity index (χ2n) is 8.64. The van der Waals surface area contributed by atoms with Crippen molar-refractivity contribution in [1.29, 1.82) is 0 Å². The van der Waals surface area contributed by atoms with Gasteiger partial charge in [0.15, 0.2) is 23.1 Å². The van der Waals surface area contributed by atoms with Gasteiger partial charge in [-0.15, -0.1) is 5.73 Å². The smallest absolute Gasteiger partial charge is 0.417 e. The fourth-order valence-corrected chi connectivity index (χ4v) is 4.84. The summed E-state index contributed by atoms with van der Waals surface area (Å²) >= 11 is 0. The number of aromatic amines is 1. The highest BCUT2D eigenvalue weighted by Crippen LogP contribution is 2.61. The lowest BCUT2D eigenvalue weighted by atomic mass is 9.66. The van der Waals surface area contributed by atoms with Gasteiger partial charge >= 0.3 is 12.1 Å². The standard InChI is InChI=1S/C22H14F4N6O2/c1-21-3-2-9(10-5-12(10)21)14(20(33)34)16(21)29-18-13(23)7-28-19(30-18)15-11-4-8(22(24,25)26)6-27-17(11)32-31-15/h3-4,6-7,14,16H,5H2,1H3,(H,33,34)(H,27,31,32)(H,28,29,30)/t14-,16+,21+/m0/s1. The Morgan fingerprint density at radius 3 is 2.85 bits per heavy atom. The number of H-pyrrole nitrogens is 1. The van der Waals surface area contributed by atoms with Gasteiger partial charge < -0.3 is 10.4 Å². The Morgan fingerprint density at radius 1 is 1.32 bits per heavy atom. The lowest BCUT2D eigenvalue weighted by molar-refractivity contribution is -0.141. The fourth-order valence-electron chi connectivity index (χ4n) is 4.84. The Labute approximate surface area is 188 Å². The molecule has 0 radical (unpaired) electrons. The highest BCUT2D eigenvalue weighted by molar-refractivity contribution is 5.89. The number of nitrogens with zero attached hydrogens (tertiary/aromatic N) is 4. The lowest BCUT2D eigenvalue weighted by Crippen LogP contribution is -2.49. The van der Waals surface area contributed by atoms with Crippen LogP contribution in [0.1, 0.15) is 18.9 Å². The maximum Gasteiger partial charge on any atom is 0.417 e. The van der Waals surface area contributed by atoms with Crippen LogP contribution in [-0.4, -0.2) is 42.3 Å². The van der Waals surface area contributed by atoms with Crippen LogP contribution >= 0.6 is 0 Å². The summed E-state index contributed by atoms with van der Waals surface area (Å²) in [5.74, 6) is -3.25. The van der Waals surface area contributed by atoms with E-state index in [1.807, 2.05) is 6.92 Å². The van der Waals surface area contributed by atoms with Gasteiger partial charge in [0.05, 0.1) is 23.2 Å². The molecule has 0 aromatic carbocycles. The van der Waals surface area contributed by atoms with Crippen LogP contribution in [0, 0.1) is 17.2 Å². The number of hydrogen-bond donors (Lipinski definition) is 3. The van der Waals surface area contributed by atoms with Crippen molar-refractivity contribution in [3.05, 3.63) is 58.4 Å². The van der Waals surface area contributed by atoms with Crippen LogP contribution in [0.4, 0.5) is 23.4 Å².